The summed E-state index contributed by atoms with van der Waals surface area (Å²) < 4.78 is 4.63. The summed E-state index contributed by atoms with van der Waals surface area (Å²) in [5.74, 6) is -0.0942. The Morgan fingerprint density at radius 2 is 1.74 bits per heavy atom. The van der Waals surface area contributed by atoms with Gasteiger partial charge in [0.15, 0.2) is 0 Å². The van der Waals surface area contributed by atoms with Crippen LogP contribution in [0.25, 0.3) is 0 Å². The van der Waals surface area contributed by atoms with Gasteiger partial charge in [-0.3, -0.25) is 4.79 Å². The zero-order chi connectivity index (χ0) is 16.9. The number of rotatable bonds is 15. The molecule has 0 bridgehead atoms. The molecule has 1 fully saturated rings. The second kappa shape index (κ2) is 12.8. The number of hydrogen-bond donors (Lipinski definition) is 2. The minimum atomic E-state index is -0.118. The third-order valence-electron chi connectivity index (χ3n) is 4.85. The molecule has 1 aliphatic rings. The highest BCUT2D eigenvalue weighted by atomic mass is 16.5. The molecule has 0 saturated carbocycles. The summed E-state index contributed by atoms with van der Waals surface area (Å²) in [6.45, 7) is 2.22. The Hall–Kier alpha value is -0.610. The summed E-state index contributed by atoms with van der Waals surface area (Å²) in [6.07, 6.45) is 14.3. The topological polar surface area (TPSA) is 68.5 Å². The average molecular weight is 328 g/mol. The van der Waals surface area contributed by atoms with E-state index in [-0.39, 0.29) is 12.1 Å². The number of ether oxygens (including phenoxy) is 1. The molecule has 0 aromatic carbocycles. The number of methoxy groups -OCH3 is 1. The largest absolute Gasteiger partial charge is 0.469 e. The smallest absolute Gasteiger partial charge is 0.305 e. The standard InChI is InChI=1S/C19H37NO3/c1-3-4-5-9-12-16(21)15-18-17(20-18)13-10-7-6-8-11-14-19(22)23-2/h16-18,20-21H,3-15H2,1-2H3/t16-,17?,18?/m0/s1. The van der Waals surface area contributed by atoms with Crippen LogP contribution in [0.15, 0.2) is 0 Å². The van der Waals surface area contributed by atoms with Gasteiger partial charge in [0.05, 0.1) is 13.2 Å². The van der Waals surface area contributed by atoms with Gasteiger partial charge in [0.25, 0.3) is 0 Å². The molecule has 0 radical (unpaired) electrons. The maximum Gasteiger partial charge on any atom is 0.305 e. The molecule has 1 heterocycles. The van der Waals surface area contributed by atoms with Crippen molar-refractivity contribution in [2.45, 2.75) is 109 Å². The Bertz CT molecular complexity index is 309. The van der Waals surface area contributed by atoms with Crippen LogP contribution in [0.3, 0.4) is 0 Å². The van der Waals surface area contributed by atoms with Gasteiger partial charge < -0.3 is 15.2 Å². The van der Waals surface area contributed by atoms with Crippen LogP contribution >= 0.6 is 0 Å². The molecular formula is C19H37NO3. The summed E-state index contributed by atoms with van der Waals surface area (Å²) in [5.41, 5.74) is 0. The highest BCUT2D eigenvalue weighted by Gasteiger charge is 2.36. The third-order valence-corrected chi connectivity index (χ3v) is 4.85. The van der Waals surface area contributed by atoms with Gasteiger partial charge in [0, 0.05) is 18.5 Å². The van der Waals surface area contributed by atoms with E-state index < -0.39 is 0 Å². The Kier molecular flexibility index (Phi) is 11.3. The summed E-state index contributed by atoms with van der Waals surface area (Å²) in [5, 5.41) is 13.5. The first-order valence-corrected chi connectivity index (χ1v) is 9.68. The van der Waals surface area contributed by atoms with Crippen LogP contribution in [0.2, 0.25) is 0 Å². The lowest BCUT2D eigenvalue weighted by atomic mass is 10.0. The number of carbonyl (C=O) groups is 1. The van der Waals surface area contributed by atoms with Crippen LogP contribution in [0.4, 0.5) is 0 Å². The SMILES string of the molecule is CCCCCC[C@H](O)CC1NC1CCCCCCCC(=O)OC. The van der Waals surface area contributed by atoms with Gasteiger partial charge in [0.2, 0.25) is 0 Å². The highest BCUT2D eigenvalue weighted by Crippen LogP contribution is 2.24. The van der Waals surface area contributed by atoms with E-state index in [1.165, 1.54) is 52.1 Å². The summed E-state index contributed by atoms with van der Waals surface area (Å²) >= 11 is 0. The quantitative estimate of drug-likeness (QED) is 0.271. The van der Waals surface area contributed by atoms with Gasteiger partial charge in [-0.15, -0.1) is 0 Å². The first kappa shape index (κ1) is 20.4. The van der Waals surface area contributed by atoms with Crippen LogP contribution in [-0.2, 0) is 9.53 Å². The van der Waals surface area contributed by atoms with Crippen LogP contribution in [0.5, 0.6) is 0 Å². The van der Waals surface area contributed by atoms with Crippen molar-refractivity contribution < 1.29 is 14.6 Å². The molecule has 1 rings (SSSR count). The monoisotopic (exact) mass is 327 g/mol. The lowest BCUT2D eigenvalue weighted by Gasteiger charge is -2.09. The molecule has 4 nitrogen and oxygen atoms in total. The van der Waals surface area contributed by atoms with E-state index in [1.54, 1.807) is 0 Å². The van der Waals surface area contributed by atoms with Crippen molar-refractivity contribution in [3.05, 3.63) is 0 Å². The van der Waals surface area contributed by atoms with Crippen molar-refractivity contribution >= 4 is 5.97 Å². The van der Waals surface area contributed by atoms with Gasteiger partial charge in [-0.1, -0.05) is 58.3 Å². The van der Waals surface area contributed by atoms with Crippen LogP contribution in [0, 0.1) is 0 Å². The maximum absolute atomic E-state index is 11.0. The Balaban J connectivity index is 1.86. The first-order valence-electron chi connectivity index (χ1n) is 9.68. The predicted octanol–water partition coefficient (Wildman–Crippen LogP) is 3.95. The predicted molar refractivity (Wildman–Crippen MR) is 94.4 cm³/mol. The molecule has 4 heteroatoms. The molecule has 0 aromatic rings. The number of esters is 1. The number of carbonyl (C=O) groups excluding carboxylic acids is 1. The highest BCUT2D eigenvalue weighted by molar-refractivity contribution is 5.68. The van der Waals surface area contributed by atoms with Crippen molar-refractivity contribution in [2.75, 3.05) is 7.11 Å². The summed E-state index contributed by atoms with van der Waals surface area (Å²) in [6, 6.07) is 1.19. The molecule has 1 saturated heterocycles. The van der Waals surface area contributed by atoms with Crippen molar-refractivity contribution in [1.82, 2.24) is 5.32 Å². The molecule has 0 aromatic heterocycles. The molecule has 136 valence electrons. The molecule has 2 N–H and O–H groups in total. The minimum Gasteiger partial charge on any atom is -0.469 e. The number of nitrogens with one attached hydrogen (secondary N) is 1. The van der Waals surface area contributed by atoms with Crippen molar-refractivity contribution in [3.63, 3.8) is 0 Å². The van der Waals surface area contributed by atoms with Gasteiger partial charge in [-0.25, -0.2) is 0 Å². The van der Waals surface area contributed by atoms with Crippen molar-refractivity contribution in [1.29, 1.82) is 0 Å². The third kappa shape index (κ3) is 10.7. The molecule has 1 aliphatic heterocycles. The second-order valence-corrected chi connectivity index (χ2v) is 7.00. The van der Waals surface area contributed by atoms with E-state index in [9.17, 15) is 9.90 Å². The van der Waals surface area contributed by atoms with Gasteiger partial charge in [-0.05, 0) is 25.7 Å². The van der Waals surface area contributed by atoms with E-state index in [0.29, 0.717) is 18.5 Å². The lowest BCUT2D eigenvalue weighted by Crippen LogP contribution is -2.11. The molecule has 0 aliphatic carbocycles. The number of hydrogen-bond acceptors (Lipinski definition) is 4. The normalized spacial score (nSPS) is 21.2. The maximum atomic E-state index is 11.0. The van der Waals surface area contributed by atoms with E-state index in [4.69, 9.17) is 0 Å². The molecular weight excluding hydrogens is 290 g/mol. The number of aliphatic hydroxyl groups is 1. The second-order valence-electron chi connectivity index (χ2n) is 7.00. The average Bonchev–Trinajstić information content (AvgIpc) is 3.28. The molecule has 0 amide bonds. The lowest BCUT2D eigenvalue weighted by molar-refractivity contribution is -0.140. The van der Waals surface area contributed by atoms with Gasteiger partial charge in [0.1, 0.15) is 0 Å². The van der Waals surface area contributed by atoms with Crippen LogP contribution < -0.4 is 5.32 Å². The molecule has 23 heavy (non-hydrogen) atoms. The molecule has 3 atom stereocenters. The fourth-order valence-electron chi connectivity index (χ4n) is 3.22. The Morgan fingerprint density at radius 1 is 1.04 bits per heavy atom. The summed E-state index contributed by atoms with van der Waals surface area (Å²) in [4.78, 5) is 11.0. The van der Waals surface area contributed by atoms with Crippen molar-refractivity contribution in [2.24, 2.45) is 0 Å². The van der Waals surface area contributed by atoms with E-state index in [0.717, 1.165) is 32.1 Å². The summed E-state index contributed by atoms with van der Waals surface area (Å²) in [7, 11) is 1.45. The Morgan fingerprint density at radius 3 is 2.48 bits per heavy atom. The number of aliphatic hydroxyl groups excluding tert-OH is 1. The molecule has 2 unspecified atom stereocenters. The van der Waals surface area contributed by atoms with Gasteiger partial charge in [-0.2, -0.15) is 0 Å². The van der Waals surface area contributed by atoms with Crippen molar-refractivity contribution in [3.8, 4) is 0 Å². The number of unbranched alkanes of at least 4 members (excludes halogenated alkanes) is 7. The zero-order valence-electron chi connectivity index (χ0n) is 15.2. The minimum absolute atomic E-state index is 0.0942. The van der Waals surface area contributed by atoms with E-state index in [1.807, 2.05) is 0 Å². The molecule has 0 spiro atoms. The van der Waals surface area contributed by atoms with Crippen LogP contribution in [-0.4, -0.2) is 36.4 Å². The first-order chi connectivity index (χ1) is 11.2. The van der Waals surface area contributed by atoms with Crippen LogP contribution in [0.1, 0.15) is 90.4 Å². The fraction of sp³-hybridized carbons (Fsp3) is 0.947. The van der Waals surface area contributed by atoms with Gasteiger partial charge >= 0.3 is 5.97 Å². The van der Waals surface area contributed by atoms with E-state index >= 15 is 0 Å². The van der Waals surface area contributed by atoms with E-state index in [2.05, 4.69) is 17.0 Å². The fourth-order valence-corrected chi connectivity index (χ4v) is 3.22. The zero-order valence-corrected chi connectivity index (χ0v) is 15.2. The Labute approximate surface area is 142 Å².